The number of hydrogen-bond acceptors (Lipinski definition) is 3. The van der Waals surface area contributed by atoms with E-state index in [1.807, 2.05) is 0 Å². The van der Waals surface area contributed by atoms with Crippen LogP contribution in [-0.2, 0) is 11.8 Å². The van der Waals surface area contributed by atoms with E-state index >= 15 is 0 Å². The van der Waals surface area contributed by atoms with E-state index in [0.29, 0.717) is 30.3 Å². The van der Waals surface area contributed by atoms with Crippen LogP contribution in [0.15, 0.2) is 0 Å². The lowest BCUT2D eigenvalue weighted by Crippen LogP contribution is -2.38. The maximum Gasteiger partial charge on any atom is 0.0936 e. The standard InChI is InChI=1S/C15H27P3S3/c1-10(2,3)13-14(11(4,5)6)16(13)20-15(12(7,8)9)17(13)21-18(14,15)19/h1-9H3/t13-,14+,15+,16?,17?,18?/m1/s1. The Morgan fingerprint density at radius 2 is 1.33 bits per heavy atom. The summed E-state index contributed by atoms with van der Waals surface area (Å²) in [5, 5.41) is -1.33. The summed E-state index contributed by atoms with van der Waals surface area (Å²) in [7, 11) is 0.140. The topological polar surface area (TPSA) is 0 Å². The fraction of sp³-hybridized carbons (Fsp3) is 1.00. The van der Waals surface area contributed by atoms with Crippen molar-refractivity contribution in [2.45, 2.75) is 76.3 Å². The second-order valence-electron chi connectivity index (χ2n) is 10.0. The Morgan fingerprint density at radius 3 is 1.57 bits per heavy atom. The fourth-order valence-corrected chi connectivity index (χ4v) is 64.7. The van der Waals surface area contributed by atoms with Crippen molar-refractivity contribution in [2.75, 3.05) is 0 Å². The van der Waals surface area contributed by atoms with E-state index < -0.39 is 5.24 Å². The molecule has 0 saturated carbocycles. The lowest BCUT2D eigenvalue weighted by molar-refractivity contribution is 0.297. The predicted molar refractivity (Wildman–Crippen MR) is 110 cm³/mol. The molecule has 5 heterocycles. The second-order valence-corrected chi connectivity index (χ2v) is 27.6. The van der Waals surface area contributed by atoms with Crippen molar-refractivity contribution in [1.82, 2.24) is 0 Å². The minimum absolute atomic E-state index is 0.0518. The number of rotatable bonds is 0. The zero-order chi connectivity index (χ0) is 16.1. The van der Waals surface area contributed by atoms with E-state index in [0.717, 1.165) is 0 Å². The molecule has 5 saturated heterocycles. The van der Waals surface area contributed by atoms with Gasteiger partial charge in [-0.15, -0.1) is 11.4 Å². The van der Waals surface area contributed by atoms with Crippen LogP contribution in [-0.4, -0.2) is 14.0 Å². The molecule has 0 radical (unpaired) electrons. The summed E-state index contributed by atoms with van der Waals surface area (Å²) in [6.07, 6.45) is 0. The largest absolute Gasteiger partial charge is 0.113 e. The highest BCUT2D eigenvalue weighted by Crippen LogP contribution is 3.40. The zero-order valence-corrected chi connectivity index (χ0v) is 19.7. The van der Waals surface area contributed by atoms with Crippen molar-refractivity contribution in [2.24, 2.45) is 16.2 Å². The molecule has 5 rings (SSSR count). The normalized spacial score (nSPS) is 57.4. The molecular formula is C15H27P3S3. The van der Waals surface area contributed by atoms with Gasteiger partial charge in [-0.1, -0.05) is 85.1 Å². The summed E-state index contributed by atoms with van der Waals surface area (Å²) >= 11 is 11.5. The van der Waals surface area contributed by atoms with Crippen LogP contribution >= 0.6 is 41.9 Å². The molecule has 0 nitrogen and oxygen atoms in total. The van der Waals surface area contributed by atoms with E-state index in [-0.39, 0.29) is 14.2 Å². The molecule has 21 heavy (non-hydrogen) atoms. The van der Waals surface area contributed by atoms with Crippen LogP contribution in [0.4, 0.5) is 0 Å². The zero-order valence-electron chi connectivity index (χ0n) is 14.6. The van der Waals surface area contributed by atoms with Gasteiger partial charge in [-0.05, 0) is 30.5 Å². The van der Waals surface area contributed by atoms with E-state index in [1.54, 1.807) is 0 Å². The molecule has 0 amide bonds. The molecule has 6 heteroatoms. The third-order valence-electron chi connectivity index (χ3n) is 5.90. The second kappa shape index (κ2) is 3.67. The maximum absolute atomic E-state index is 6.65. The summed E-state index contributed by atoms with van der Waals surface area (Å²) in [6, 6.07) is 0. The molecule has 0 spiro atoms. The summed E-state index contributed by atoms with van der Waals surface area (Å²) < 4.78 is 0.515. The maximum atomic E-state index is 6.65. The van der Waals surface area contributed by atoms with Gasteiger partial charge in [0.2, 0.25) is 0 Å². The van der Waals surface area contributed by atoms with Gasteiger partial charge in [0, 0.05) is 5.24 Å². The van der Waals surface area contributed by atoms with Crippen molar-refractivity contribution in [1.29, 1.82) is 0 Å². The molecule has 5 aliphatic rings. The molecule has 0 aromatic carbocycles. The first kappa shape index (κ1) is 16.7. The summed E-state index contributed by atoms with van der Waals surface area (Å²) in [4.78, 5) is 1.17. The van der Waals surface area contributed by atoms with Crippen molar-refractivity contribution in [3.63, 3.8) is 0 Å². The minimum atomic E-state index is -1.33. The molecule has 6 bridgehead atoms. The predicted octanol–water partition coefficient (Wildman–Crippen LogP) is 7.88. The SMILES string of the molecule is CC(C)(C)[C@]12P3SP4(=S)[C@@]3(C(C)(C)C)SP1[C@]24C(C)(C)C. The molecule has 6 atom stereocenters. The Balaban J connectivity index is 2.04. The van der Waals surface area contributed by atoms with Crippen LogP contribution in [0.25, 0.3) is 0 Å². The monoisotopic (exact) mass is 396 g/mol. The van der Waals surface area contributed by atoms with Gasteiger partial charge in [0.1, 0.15) is 0 Å². The lowest BCUT2D eigenvalue weighted by Gasteiger charge is -2.57. The Morgan fingerprint density at radius 1 is 0.810 bits per heavy atom. The van der Waals surface area contributed by atoms with Gasteiger partial charge in [-0.2, -0.15) is 0 Å². The van der Waals surface area contributed by atoms with Crippen molar-refractivity contribution in [3.8, 4) is 0 Å². The highest BCUT2D eigenvalue weighted by molar-refractivity contribution is 9.12. The first-order chi connectivity index (χ1) is 9.18. The van der Waals surface area contributed by atoms with Gasteiger partial charge in [0.25, 0.3) is 0 Å². The van der Waals surface area contributed by atoms with Crippen LogP contribution in [0.3, 0.4) is 0 Å². The third kappa shape index (κ3) is 1.17. The van der Waals surface area contributed by atoms with Crippen molar-refractivity contribution >= 4 is 53.7 Å². The smallest absolute Gasteiger partial charge is 0.0936 e. The first-order valence-electron chi connectivity index (χ1n) is 7.78. The first-order valence-corrected chi connectivity index (χ1v) is 16.7. The van der Waals surface area contributed by atoms with Gasteiger partial charge >= 0.3 is 0 Å². The summed E-state index contributed by atoms with van der Waals surface area (Å²) in [6.45, 7) is 22.6. The molecule has 0 N–H and O–H groups in total. The highest BCUT2D eigenvalue weighted by Gasteiger charge is 3.10. The van der Waals surface area contributed by atoms with Gasteiger partial charge < -0.3 is 0 Å². The van der Waals surface area contributed by atoms with E-state index in [4.69, 9.17) is 11.8 Å². The third-order valence-corrected chi connectivity index (χ3v) is 42.7. The van der Waals surface area contributed by atoms with Crippen LogP contribution in [0.5, 0.6) is 0 Å². The van der Waals surface area contributed by atoms with Crippen LogP contribution < -0.4 is 0 Å². The molecule has 0 aromatic rings. The molecule has 120 valence electrons. The molecule has 0 aromatic heterocycles. The van der Waals surface area contributed by atoms with Gasteiger partial charge in [0.05, 0.1) is 14.0 Å². The molecule has 3 unspecified atom stereocenters. The Labute approximate surface area is 145 Å². The minimum Gasteiger partial charge on any atom is -0.113 e. The highest BCUT2D eigenvalue weighted by atomic mass is 33.2. The molecule has 5 fully saturated rings. The summed E-state index contributed by atoms with van der Waals surface area (Å²) in [5.41, 5.74) is 1.21. The average molecular weight is 397 g/mol. The fourth-order valence-electron chi connectivity index (χ4n) is 5.37. The Bertz CT molecular complexity index is 611. The van der Waals surface area contributed by atoms with E-state index in [9.17, 15) is 0 Å². The molecule has 5 aliphatic heterocycles. The van der Waals surface area contributed by atoms with Gasteiger partial charge in [0.15, 0.2) is 0 Å². The van der Waals surface area contributed by atoms with Crippen molar-refractivity contribution < 1.29 is 0 Å². The quantitative estimate of drug-likeness (QED) is 0.382. The Kier molecular flexibility index (Phi) is 2.91. The van der Waals surface area contributed by atoms with E-state index in [1.165, 1.54) is 0 Å². The van der Waals surface area contributed by atoms with Crippen LogP contribution in [0.1, 0.15) is 62.3 Å². The van der Waals surface area contributed by atoms with Crippen LogP contribution in [0.2, 0.25) is 0 Å². The Hall–Kier alpha value is 2.21. The average Bonchev–Trinajstić information content (AvgIpc) is 2.43. The van der Waals surface area contributed by atoms with Crippen molar-refractivity contribution in [3.05, 3.63) is 0 Å². The summed E-state index contributed by atoms with van der Waals surface area (Å²) in [5.74, 6) is 0. The van der Waals surface area contributed by atoms with Crippen LogP contribution in [0, 0.1) is 16.2 Å². The molecular weight excluding hydrogens is 369 g/mol. The van der Waals surface area contributed by atoms with Gasteiger partial charge in [-0.3, -0.25) is 0 Å². The molecule has 0 aliphatic carbocycles. The van der Waals surface area contributed by atoms with E-state index in [2.05, 4.69) is 84.7 Å². The number of hydrogen-bond donors (Lipinski definition) is 0. The van der Waals surface area contributed by atoms with Gasteiger partial charge in [-0.25, -0.2) is 0 Å². The lowest BCUT2D eigenvalue weighted by atomic mass is 9.80.